The van der Waals surface area contributed by atoms with Gasteiger partial charge in [-0.15, -0.1) is 0 Å². The summed E-state index contributed by atoms with van der Waals surface area (Å²) >= 11 is -1.96. The molecule has 0 aromatic heterocycles. The fraction of sp³-hybridized carbons (Fsp3) is 0.882. The van der Waals surface area contributed by atoms with Crippen molar-refractivity contribution in [3.63, 3.8) is 0 Å². The quantitative estimate of drug-likeness (QED) is 0.301. The van der Waals surface area contributed by atoms with Gasteiger partial charge in [0.15, 0.2) is 0 Å². The van der Waals surface area contributed by atoms with E-state index < -0.39 is 13.3 Å². The Bertz CT molecular complexity index is 214. The molecule has 114 valence electrons. The van der Waals surface area contributed by atoms with Gasteiger partial charge in [0.2, 0.25) is 0 Å². The topological polar surface area (TPSA) is 9.23 Å². The predicted molar refractivity (Wildman–Crippen MR) is 90.3 cm³/mol. The van der Waals surface area contributed by atoms with E-state index in [-0.39, 0.29) is 0 Å². The molecule has 0 aliphatic carbocycles. The maximum atomic E-state index is 5.89. The molecule has 0 saturated carbocycles. The molecule has 0 spiro atoms. The first kappa shape index (κ1) is 19.1. The zero-order chi connectivity index (χ0) is 14.6. The molecule has 0 rings (SSSR count). The van der Waals surface area contributed by atoms with E-state index in [9.17, 15) is 0 Å². The molecule has 0 bridgehead atoms. The van der Waals surface area contributed by atoms with Crippen molar-refractivity contribution in [2.24, 2.45) is 0 Å². The van der Waals surface area contributed by atoms with Crippen molar-refractivity contribution in [1.29, 1.82) is 0 Å². The van der Waals surface area contributed by atoms with E-state index in [1.807, 2.05) is 7.11 Å². The summed E-state index contributed by atoms with van der Waals surface area (Å²) in [7, 11) is 1.91. The zero-order valence-electron chi connectivity index (χ0n) is 14.1. The molecule has 0 aromatic carbocycles. The van der Waals surface area contributed by atoms with Crippen molar-refractivity contribution in [3.8, 4) is 0 Å². The van der Waals surface area contributed by atoms with Gasteiger partial charge in [-0.2, -0.15) is 0 Å². The van der Waals surface area contributed by atoms with Crippen LogP contribution in [0.4, 0.5) is 0 Å². The van der Waals surface area contributed by atoms with E-state index >= 15 is 0 Å². The van der Waals surface area contributed by atoms with Crippen molar-refractivity contribution in [2.45, 2.75) is 88.4 Å². The average Bonchev–Trinajstić information content (AvgIpc) is 2.44. The van der Waals surface area contributed by atoms with Gasteiger partial charge in [0.25, 0.3) is 0 Å². The number of unbranched alkanes of at least 4 members (excludes halogenated alkanes) is 3. The Kier molecular flexibility index (Phi) is 11.9. The molecule has 0 N–H and O–H groups in total. The number of hydrogen-bond acceptors (Lipinski definition) is 1. The number of allylic oxidation sites excluding steroid dienone is 1. The van der Waals surface area contributed by atoms with Gasteiger partial charge in [-0.3, -0.25) is 0 Å². The van der Waals surface area contributed by atoms with Gasteiger partial charge in [0.1, 0.15) is 0 Å². The summed E-state index contributed by atoms with van der Waals surface area (Å²) in [5.74, 6) is 0. The van der Waals surface area contributed by atoms with E-state index in [4.69, 9.17) is 4.74 Å². The van der Waals surface area contributed by atoms with E-state index in [2.05, 4.69) is 33.8 Å². The van der Waals surface area contributed by atoms with Crippen LogP contribution in [0.2, 0.25) is 15.8 Å². The van der Waals surface area contributed by atoms with E-state index in [0.29, 0.717) is 0 Å². The minimum atomic E-state index is -1.96. The standard InChI is InChI=1S/C17H36GeO/c1-6-10-14-18(15-11-7-2,16-12-8-3)17(19-5)13-9-4/h13H,6-12,14-16H2,1-5H3/b17-13-. The molecule has 19 heavy (non-hydrogen) atoms. The summed E-state index contributed by atoms with van der Waals surface area (Å²) in [6, 6.07) is 0. The first-order valence-corrected chi connectivity index (χ1v) is 13.9. The Hall–Kier alpha value is 0.0829. The fourth-order valence-electron chi connectivity index (χ4n) is 2.99. The summed E-state index contributed by atoms with van der Waals surface area (Å²) in [5, 5.41) is 4.45. The van der Waals surface area contributed by atoms with Crippen LogP contribution in [0.15, 0.2) is 10.7 Å². The molecular formula is C17H36GeO. The summed E-state index contributed by atoms with van der Waals surface area (Å²) in [4.78, 5) is 0. The maximum absolute atomic E-state index is 5.89. The first-order chi connectivity index (χ1) is 9.20. The second-order valence-electron chi connectivity index (χ2n) is 5.77. The molecule has 0 aromatic rings. The van der Waals surface area contributed by atoms with Crippen LogP contribution < -0.4 is 0 Å². The summed E-state index contributed by atoms with van der Waals surface area (Å²) in [5.41, 5.74) is 0. The minimum absolute atomic E-state index is 1.13. The molecule has 0 saturated heterocycles. The fourth-order valence-corrected chi connectivity index (χ4v) is 14.8. The van der Waals surface area contributed by atoms with Gasteiger partial charge in [-0.1, -0.05) is 0 Å². The molecule has 0 heterocycles. The Morgan fingerprint density at radius 2 is 1.26 bits per heavy atom. The van der Waals surface area contributed by atoms with Crippen LogP contribution >= 0.6 is 0 Å². The van der Waals surface area contributed by atoms with Crippen LogP contribution in [-0.2, 0) is 4.74 Å². The summed E-state index contributed by atoms with van der Waals surface area (Å²) in [6.45, 7) is 9.21. The molecule has 1 nitrogen and oxygen atoms in total. The van der Waals surface area contributed by atoms with Crippen molar-refractivity contribution in [1.82, 2.24) is 0 Å². The molecule has 2 heteroatoms. The van der Waals surface area contributed by atoms with Crippen LogP contribution in [0.1, 0.15) is 72.6 Å². The Labute approximate surface area is 124 Å². The second-order valence-corrected chi connectivity index (χ2v) is 15.3. The SMILES string of the molecule is CC/C=[C](\OC)[Ge]([CH2]CCC)([CH2]CCC)[CH2]CCC. The van der Waals surface area contributed by atoms with Gasteiger partial charge in [0.05, 0.1) is 0 Å². The van der Waals surface area contributed by atoms with Gasteiger partial charge in [0, 0.05) is 0 Å². The van der Waals surface area contributed by atoms with Crippen LogP contribution in [0, 0.1) is 0 Å². The van der Waals surface area contributed by atoms with E-state index in [1.54, 1.807) is 0 Å². The third-order valence-corrected chi connectivity index (χ3v) is 15.5. The van der Waals surface area contributed by atoms with Gasteiger partial charge < -0.3 is 0 Å². The number of ether oxygens (including phenoxy) is 1. The molecular weight excluding hydrogens is 293 g/mol. The molecule has 0 aliphatic heterocycles. The second kappa shape index (κ2) is 11.9. The van der Waals surface area contributed by atoms with Gasteiger partial charge >= 0.3 is 124 Å². The van der Waals surface area contributed by atoms with Crippen molar-refractivity contribution >= 4 is 13.3 Å². The summed E-state index contributed by atoms with van der Waals surface area (Å²) < 4.78 is 7.35. The van der Waals surface area contributed by atoms with Gasteiger partial charge in [-0.25, -0.2) is 0 Å². The number of methoxy groups -OCH3 is 1. The summed E-state index contributed by atoms with van der Waals surface area (Å²) in [6.07, 6.45) is 11.7. The van der Waals surface area contributed by atoms with Crippen LogP contribution in [0.3, 0.4) is 0 Å². The van der Waals surface area contributed by atoms with Crippen molar-refractivity contribution < 1.29 is 4.74 Å². The monoisotopic (exact) mass is 330 g/mol. The molecule has 0 unspecified atom stereocenters. The van der Waals surface area contributed by atoms with E-state index in [0.717, 1.165) is 6.42 Å². The predicted octanol–water partition coefficient (Wildman–Crippen LogP) is 6.32. The van der Waals surface area contributed by atoms with Crippen LogP contribution in [0.5, 0.6) is 0 Å². The molecule has 0 radical (unpaired) electrons. The van der Waals surface area contributed by atoms with Crippen LogP contribution in [-0.4, -0.2) is 20.4 Å². The third-order valence-electron chi connectivity index (χ3n) is 4.16. The van der Waals surface area contributed by atoms with Gasteiger partial charge in [-0.05, 0) is 0 Å². The van der Waals surface area contributed by atoms with Crippen LogP contribution in [0.25, 0.3) is 0 Å². The third kappa shape index (κ3) is 6.88. The Balaban J connectivity index is 5.10. The molecule has 0 aliphatic rings. The first-order valence-electron chi connectivity index (χ1n) is 8.45. The van der Waals surface area contributed by atoms with Crippen molar-refractivity contribution in [2.75, 3.05) is 7.11 Å². The Morgan fingerprint density at radius 3 is 1.53 bits per heavy atom. The number of rotatable bonds is 12. The number of hydrogen-bond donors (Lipinski definition) is 0. The normalized spacial score (nSPS) is 12.8. The average molecular weight is 329 g/mol. The molecule has 0 amide bonds. The van der Waals surface area contributed by atoms with Crippen molar-refractivity contribution in [3.05, 3.63) is 10.7 Å². The molecule has 0 atom stereocenters. The van der Waals surface area contributed by atoms with E-state index in [1.165, 1.54) is 58.9 Å². The molecule has 0 fully saturated rings. The zero-order valence-corrected chi connectivity index (χ0v) is 16.2. The Morgan fingerprint density at radius 1 is 0.842 bits per heavy atom.